The predicted octanol–water partition coefficient (Wildman–Crippen LogP) is 6.18. The van der Waals surface area contributed by atoms with Gasteiger partial charge in [0.05, 0.1) is 5.24 Å². The third-order valence-corrected chi connectivity index (χ3v) is 12.1. The summed E-state index contributed by atoms with van der Waals surface area (Å²) in [4.78, 5) is 0. The molecular weight excluding hydrogens is 371 g/mol. The molecule has 1 atom stereocenters. The molecular formula is C20H18ClPS2. The lowest BCUT2D eigenvalue weighted by Gasteiger charge is -2.26. The molecule has 0 fully saturated rings. The maximum Gasteiger partial charge on any atom is 0.0619 e. The molecule has 0 aliphatic rings. The van der Waals surface area contributed by atoms with Crippen LogP contribution in [0.3, 0.4) is 0 Å². The Hall–Kier alpha value is -1.05. The fourth-order valence-electron chi connectivity index (χ4n) is 2.54. The van der Waals surface area contributed by atoms with E-state index in [0.717, 1.165) is 5.02 Å². The molecule has 0 bridgehead atoms. The Morgan fingerprint density at radius 3 is 1.71 bits per heavy atom. The zero-order valence-electron chi connectivity index (χ0n) is 13.3. The van der Waals surface area contributed by atoms with Gasteiger partial charge in [-0.05, 0) is 35.2 Å². The maximum atomic E-state index is 6.28. The summed E-state index contributed by atoms with van der Waals surface area (Å²) < 4.78 is 0. The van der Waals surface area contributed by atoms with Crippen LogP contribution in [-0.2, 0) is 11.8 Å². The van der Waals surface area contributed by atoms with Gasteiger partial charge < -0.3 is 0 Å². The van der Waals surface area contributed by atoms with Gasteiger partial charge in [0.25, 0.3) is 0 Å². The van der Waals surface area contributed by atoms with Gasteiger partial charge in [-0.15, -0.1) is 11.4 Å². The van der Waals surface area contributed by atoms with Crippen LogP contribution in [0.2, 0.25) is 5.02 Å². The number of rotatable bonds is 5. The Balaban J connectivity index is 2.00. The molecule has 1 unspecified atom stereocenters. The minimum absolute atomic E-state index is 0.300. The fourth-order valence-corrected chi connectivity index (χ4v) is 10.1. The van der Waals surface area contributed by atoms with E-state index in [1.54, 1.807) is 0 Å². The number of hydrogen-bond acceptors (Lipinski definition) is 2. The minimum Gasteiger partial charge on any atom is -0.107 e. The highest BCUT2D eigenvalue weighted by Crippen LogP contribution is 2.62. The molecule has 3 aromatic carbocycles. The Kier molecular flexibility index (Phi) is 5.84. The minimum atomic E-state index is -1.94. The molecule has 24 heavy (non-hydrogen) atoms. The molecule has 0 nitrogen and oxygen atoms in total. The second-order valence-corrected chi connectivity index (χ2v) is 13.6. The second-order valence-electron chi connectivity index (χ2n) is 5.52. The Bertz CT molecular complexity index is 789. The van der Waals surface area contributed by atoms with Crippen molar-refractivity contribution in [3.63, 3.8) is 0 Å². The van der Waals surface area contributed by atoms with E-state index in [-0.39, 0.29) is 0 Å². The van der Waals surface area contributed by atoms with Crippen molar-refractivity contribution in [3.05, 3.63) is 95.5 Å². The molecule has 0 saturated heterocycles. The summed E-state index contributed by atoms with van der Waals surface area (Å²) in [7, 11) is 0. The van der Waals surface area contributed by atoms with E-state index >= 15 is 0 Å². The van der Waals surface area contributed by atoms with Crippen LogP contribution >= 0.6 is 28.2 Å². The van der Waals surface area contributed by atoms with Gasteiger partial charge >= 0.3 is 0 Å². The largest absolute Gasteiger partial charge is 0.107 e. The summed E-state index contributed by atoms with van der Waals surface area (Å²) in [6.07, 6.45) is 0. The van der Waals surface area contributed by atoms with Crippen molar-refractivity contribution in [1.82, 2.24) is 0 Å². The predicted molar refractivity (Wildman–Crippen MR) is 114 cm³/mol. The standard InChI is InChI=1S/C20H18ClPS2/c1-16(17-12-14-18(21)15-13-17)24-22(23,19-8-4-2-5-9-19)20-10-6-3-7-11-20/h2-16H,1H3. The first-order valence-corrected chi connectivity index (χ1v) is 12.4. The highest BCUT2D eigenvalue weighted by atomic mass is 35.5. The van der Waals surface area contributed by atoms with Crippen LogP contribution in [0.15, 0.2) is 84.9 Å². The Morgan fingerprint density at radius 1 is 0.792 bits per heavy atom. The summed E-state index contributed by atoms with van der Waals surface area (Å²) in [6, 6.07) is 29.1. The topological polar surface area (TPSA) is 0 Å². The van der Waals surface area contributed by atoms with Gasteiger partial charge in [0.1, 0.15) is 0 Å². The van der Waals surface area contributed by atoms with Gasteiger partial charge in [-0.25, -0.2) is 0 Å². The lowest BCUT2D eigenvalue weighted by Crippen LogP contribution is -2.13. The first-order valence-electron chi connectivity index (χ1n) is 7.75. The quantitative estimate of drug-likeness (QED) is 0.478. The highest BCUT2D eigenvalue weighted by Gasteiger charge is 2.26. The Labute approximate surface area is 158 Å². The molecule has 3 rings (SSSR count). The van der Waals surface area contributed by atoms with Crippen molar-refractivity contribution in [2.75, 3.05) is 0 Å². The SMILES string of the molecule is CC(SP(=S)(c1ccccc1)c1ccccc1)c1ccc(Cl)cc1. The molecule has 0 aromatic heterocycles. The van der Waals surface area contributed by atoms with Gasteiger partial charge in [-0.1, -0.05) is 96.2 Å². The van der Waals surface area contributed by atoms with Gasteiger partial charge in [0.15, 0.2) is 0 Å². The molecule has 0 amide bonds. The molecule has 0 aliphatic heterocycles. The van der Waals surface area contributed by atoms with E-state index in [1.807, 2.05) is 35.6 Å². The zero-order chi connectivity index (χ0) is 17.0. The Morgan fingerprint density at radius 2 is 1.25 bits per heavy atom. The van der Waals surface area contributed by atoms with E-state index in [4.69, 9.17) is 23.4 Å². The maximum absolute atomic E-state index is 6.28. The van der Waals surface area contributed by atoms with E-state index < -0.39 is 5.24 Å². The molecule has 122 valence electrons. The normalized spacial score (nSPS) is 12.8. The zero-order valence-corrected chi connectivity index (χ0v) is 16.6. The van der Waals surface area contributed by atoms with Crippen molar-refractivity contribution < 1.29 is 0 Å². The van der Waals surface area contributed by atoms with Crippen molar-refractivity contribution in [1.29, 1.82) is 0 Å². The molecule has 0 spiro atoms. The molecule has 0 radical (unpaired) electrons. The third-order valence-electron chi connectivity index (χ3n) is 3.84. The molecule has 3 aromatic rings. The van der Waals surface area contributed by atoms with Crippen molar-refractivity contribution in [2.45, 2.75) is 12.2 Å². The van der Waals surface area contributed by atoms with Gasteiger partial charge in [0.2, 0.25) is 0 Å². The van der Waals surface area contributed by atoms with Crippen molar-refractivity contribution >= 4 is 50.6 Å². The van der Waals surface area contributed by atoms with Crippen LogP contribution in [0, 0.1) is 0 Å². The second kappa shape index (κ2) is 7.89. The summed E-state index contributed by atoms with van der Waals surface area (Å²) in [5.74, 6) is 0. The summed E-state index contributed by atoms with van der Waals surface area (Å²) >= 11 is 14.2. The van der Waals surface area contributed by atoms with Crippen LogP contribution < -0.4 is 10.6 Å². The first kappa shape index (κ1) is 17.8. The van der Waals surface area contributed by atoms with Gasteiger partial charge in [0, 0.05) is 10.3 Å². The molecule has 0 saturated carbocycles. The van der Waals surface area contributed by atoms with Crippen LogP contribution in [0.1, 0.15) is 17.7 Å². The lowest BCUT2D eigenvalue weighted by atomic mass is 10.2. The summed E-state index contributed by atoms with van der Waals surface area (Å²) in [5, 5.41) is 1.62. The van der Waals surface area contributed by atoms with Gasteiger partial charge in [-0.3, -0.25) is 0 Å². The average Bonchev–Trinajstić information content (AvgIpc) is 2.63. The summed E-state index contributed by atoms with van der Waals surface area (Å²) in [6.45, 7) is 2.22. The van der Waals surface area contributed by atoms with Crippen LogP contribution in [0.4, 0.5) is 0 Å². The molecule has 4 heteroatoms. The third kappa shape index (κ3) is 3.95. The number of halogens is 1. The van der Waals surface area contributed by atoms with Crippen LogP contribution in [-0.4, -0.2) is 0 Å². The molecule has 0 heterocycles. The van der Waals surface area contributed by atoms with Crippen molar-refractivity contribution in [2.24, 2.45) is 0 Å². The highest BCUT2D eigenvalue weighted by molar-refractivity contribution is 8.75. The van der Waals surface area contributed by atoms with Gasteiger partial charge in [-0.2, -0.15) is 0 Å². The van der Waals surface area contributed by atoms with E-state index in [9.17, 15) is 0 Å². The number of benzene rings is 3. The fraction of sp³-hybridized carbons (Fsp3) is 0.100. The lowest BCUT2D eigenvalue weighted by molar-refractivity contribution is 1.11. The molecule has 0 N–H and O–H groups in total. The summed E-state index contributed by atoms with van der Waals surface area (Å²) in [5.41, 5.74) is 1.26. The van der Waals surface area contributed by atoms with E-state index in [0.29, 0.717) is 5.25 Å². The molecule has 0 aliphatic carbocycles. The van der Waals surface area contributed by atoms with Crippen molar-refractivity contribution in [3.8, 4) is 0 Å². The van der Waals surface area contributed by atoms with E-state index in [1.165, 1.54) is 16.2 Å². The number of hydrogen-bond donors (Lipinski definition) is 0. The monoisotopic (exact) mass is 388 g/mol. The average molecular weight is 389 g/mol. The van der Waals surface area contributed by atoms with Crippen LogP contribution in [0.25, 0.3) is 0 Å². The van der Waals surface area contributed by atoms with E-state index in [2.05, 4.69) is 67.6 Å². The smallest absolute Gasteiger partial charge is 0.0619 e. The van der Waals surface area contributed by atoms with Crippen LogP contribution in [0.5, 0.6) is 0 Å². The first-order chi connectivity index (χ1) is 11.6.